The quantitative estimate of drug-likeness (QED) is 0.577. The second-order valence-corrected chi connectivity index (χ2v) is 2.30. The van der Waals surface area contributed by atoms with Crippen LogP contribution in [0, 0.1) is 13.8 Å². The molecule has 0 radical (unpaired) electrons. The minimum Gasteiger partial charge on any atom is -0.496 e. The predicted octanol–water partition coefficient (Wildman–Crippen LogP) is 2.31. The molecule has 0 N–H and O–H groups in total. The van der Waals surface area contributed by atoms with Crippen LogP contribution in [0.1, 0.15) is 12.5 Å². The summed E-state index contributed by atoms with van der Waals surface area (Å²) in [6.07, 6.45) is 0. The number of methoxy groups -OCH3 is 1. The maximum absolute atomic E-state index is 7.13. The van der Waals surface area contributed by atoms with Crippen LogP contribution in [0.4, 0.5) is 0 Å². The van der Waals surface area contributed by atoms with Crippen LogP contribution in [0.15, 0.2) is 18.2 Å². The van der Waals surface area contributed by atoms with Crippen molar-refractivity contribution in [3.63, 3.8) is 0 Å². The Morgan fingerprint density at radius 1 is 1.50 bits per heavy atom. The molecule has 1 aromatic rings. The number of rotatable bonds is 1. The Hall–Kier alpha value is -0.980. The summed E-state index contributed by atoms with van der Waals surface area (Å²) in [6, 6.07) is 5.83. The smallest absolute Gasteiger partial charge is 0.122 e. The molecule has 1 heteroatoms. The van der Waals surface area contributed by atoms with E-state index in [4.69, 9.17) is 6.11 Å². The molecule has 0 atom stereocenters. The number of aryl methyl sites for hydroxylation is 2. The van der Waals surface area contributed by atoms with Gasteiger partial charge in [0.1, 0.15) is 5.75 Å². The normalized spacial score (nSPS) is 10.8. The first kappa shape index (κ1) is 5.78. The molecule has 0 aliphatic carbocycles. The van der Waals surface area contributed by atoms with Gasteiger partial charge < -0.3 is 4.74 Å². The molecular formula is C9H12O. The molecule has 1 aromatic carbocycles. The van der Waals surface area contributed by atoms with Gasteiger partial charge in [-0.15, -0.1) is 0 Å². The summed E-state index contributed by atoms with van der Waals surface area (Å²) in [7, 11) is 1.65. The molecule has 54 valence electrons. The summed E-state index contributed by atoms with van der Waals surface area (Å²) in [6.45, 7) is 2.31. The van der Waals surface area contributed by atoms with E-state index in [1.54, 1.807) is 7.11 Å². The minimum atomic E-state index is 0.316. The van der Waals surface area contributed by atoms with Crippen LogP contribution in [-0.2, 0) is 0 Å². The van der Waals surface area contributed by atoms with Gasteiger partial charge in [0.05, 0.1) is 7.11 Å². The van der Waals surface area contributed by atoms with Gasteiger partial charge in [-0.25, -0.2) is 0 Å². The highest BCUT2D eigenvalue weighted by atomic mass is 16.5. The maximum atomic E-state index is 7.13. The van der Waals surface area contributed by atoms with E-state index in [-0.39, 0.29) is 0 Å². The van der Waals surface area contributed by atoms with Crippen LogP contribution in [0.25, 0.3) is 0 Å². The number of hydrogen-bond acceptors (Lipinski definition) is 1. The molecule has 0 bridgehead atoms. The molecule has 10 heavy (non-hydrogen) atoms. The van der Waals surface area contributed by atoms with Gasteiger partial charge in [-0.1, -0.05) is 12.1 Å². The molecule has 0 aliphatic heterocycles. The molecule has 0 fully saturated rings. The summed E-state index contributed by atoms with van der Waals surface area (Å²) in [5, 5.41) is 0. The molecule has 0 saturated carbocycles. The van der Waals surface area contributed by atoms with E-state index in [0.29, 0.717) is 6.90 Å². The van der Waals surface area contributed by atoms with E-state index >= 15 is 0 Å². The van der Waals surface area contributed by atoms with Crippen molar-refractivity contribution < 1.29 is 6.11 Å². The fraction of sp³-hybridized carbons (Fsp3) is 0.333. The van der Waals surface area contributed by atoms with Crippen molar-refractivity contribution in [3.05, 3.63) is 29.3 Å². The Morgan fingerprint density at radius 3 is 2.90 bits per heavy atom. The average molecular weight is 137 g/mol. The average Bonchev–Trinajstić information content (AvgIpc) is 2.05. The van der Waals surface area contributed by atoms with E-state index in [0.717, 1.165) is 16.9 Å². The van der Waals surface area contributed by atoms with Crippen molar-refractivity contribution in [2.24, 2.45) is 0 Å². The van der Waals surface area contributed by atoms with Crippen LogP contribution in [0.2, 0.25) is 0 Å². The summed E-state index contributed by atoms with van der Waals surface area (Å²) in [5.41, 5.74) is 2.11. The summed E-state index contributed by atoms with van der Waals surface area (Å²) >= 11 is 0. The third-order valence-corrected chi connectivity index (χ3v) is 1.47. The van der Waals surface area contributed by atoms with Gasteiger partial charge in [-0.2, -0.15) is 0 Å². The Kier molecular flexibility index (Phi) is 1.58. The topological polar surface area (TPSA) is 9.23 Å². The Labute approximate surface area is 63.0 Å². The molecule has 0 spiro atoms. The molecule has 0 saturated heterocycles. The van der Waals surface area contributed by atoms with Gasteiger partial charge in [-0.05, 0) is 31.0 Å². The fourth-order valence-corrected chi connectivity index (χ4v) is 0.864. The number of benzene rings is 1. The van der Waals surface area contributed by atoms with E-state index in [9.17, 15) is 0 Å². The Balaban J connectivity index is 3.02. The van der Waals surface area contributed by atoms with Crippen LogP contribution in [0.5, 0.6) is 5.75 Å². The second-order valence-electron chi connectivity index (χ2n) is 2.30. The van der Waals surface area contributed by atoms with E-state index in [1.165, 1.54) is 0 Å². The van der Waals surface area contributed by atoms with Crippen molar-refractivity contribution in [1.29, 1.82) is 0 Å². The first-order valence-electron chi connectivity index (χ1n) is 3.91. The van der Waals surface area contributed by atoms with Gasteiger partial charge >= 0.3 is 0 Å². The first-order valence-corrected chi connectivity index (χ1v) is 3.20. The molecule has 1 rings (SSSR count). The maximum Gasteiger partial charge on any atom is 0.122 e. The lowest BCUT2D eigenvalue weighted by Crippen LogP contribution is -1.86. The van der Waals surface area contributed by atoms with Crippen LogP contribution in [-0.4, -0.2) is 7.11 Å². The number of ether oxygens (including phenoxy) is 1. The highest BCUT2D eigenvalue weighted by Gasteiger charge is 1.94. The minimum absolute atomic E-state index is 0.316. The van der Waals surface area contributed by atoms with E-state index < -0.39 is 0 Å². The third-order valence-electron chi connectivity index (χ3n) is 1.47. The standard InChI is InChI=1S/C9H12O/c1-7-4-5-8(2)9(6-7)10-3/h4-6H,1-3H3/i1D. The van der Waals surface area contributed by atoms with Crippen molar-refractivity contribution >= 4 is 0 Å². The fourth-order valence-electron chi connectivity index (χ4n) is 0.864. The molecule has 1 nitrogen and oxygen atoms in total. The third kappa shape index (κ3) is 1.29. The van der Waals surface area contributed by atoms with Gasteiger partial charge in [0.25, 0.3) is 0 Å². The lowest BCUT2D eigenvalue weighted by atomic mass is 10.1. The second kappa shape index (κ2) is 2.74. The van der Waals surface area contributed by atoms with Gasteiger partial charge in [-0.3, -0.25) is 0 Å². The van der Waals surface area contributed by atoms with Gasteiger partial charge in [0.15, 0.2) is 0 Å². The lowest BCUT2D eigenvalue weighted by molar-refractivity contribution is 0.411. The largest absolute Gasteiger partial charge is 0.496 e. The highest BCUT2D eigenvalue weighted by molar-refractivity contribution is 5.35. The van der Waals surface area contributed by atoms with E-state index in [1.807, 2.05) is 25.1 Å². The first-order chi connectivity index (χ1) is 5.27. The molecule has 0 aromatic heterocycles. The van der Waals surface area contributed by atoms with Crippen LogP contribution >= 0.6 is 0 Å². The highest BCUT2D eigenvalue weighted by Crippen LogP contribution is 2.17. The zero-order valence-electron chi connectivity index (χ0n) is 7.35. The van der Waals surface area contributed by atoms with Crippen molar-refractivity contribution in [1.82, 2.24) is 0 Å². The Bertz CT molecular complexity index is 245. The van der Waals surface area contributed by atoms with Gasteiger partial charge in [0, 0.05) is 1.37 Å². The lowest BCUT2D eigenvalue weighted by Gasteiger charge is -2.03. The molecular weight excluding hydrogens is 124 g/mol. The monoisotopic (exact) mass is 137 g/mol. The van der Waals surface area contributed by atoms with E-state index in [2.05, 4.69) is 0 Å². The summed E-state index contributed by atoms with van der Waals surface area (Å²) in [4.78, 5) is 0. The zero-order chi connectivity index (χ0) is 8.27. The predicted molar refractivity (Wildman–Crippen MR) is 42.5 cm³/mol. The molecule has 0 unspecified atom stereocenters. The van der Waals surface area contributed by atoms with Gasteiger partial charge in [0.2, 0.25) is 0 Å². The number of hydrogen-bond donors (Lipinski definition) is 0. The van der Waals surface area contributed by atoms with Crippen LogP contribution < -0.4 is 4.74 Å². The van der Waals surface area contributed by atoms with Crippen molar-refractivity contribution in [2.45, 2.75) is 13.8 Å². The van der Waals surface area contributed by atoms with Crippen molar-refractivity contribution in [3.8, 4) is 5.75 Å². The molecule has 0 aliphatic rings. The summed E-state index contributed by atoms with van der Waals surface area (Å²) < 4.78 is 12.2. The SMILES string of the molecule is [2H]Cc1ccc(C)c(OC)c1. The van der Waals surface area contributed by atoms with Crippen LogP contribution in [0.3, 0.4) is 0 Å². The molecule has 0 heterocycles. The zero-order valence-corrected chi connectivity index (χ0v) is 6.35. The summed E-state index contributed by atoms with van der Waals surface area (Å²) in [5.74, 6) is 0.870. The molecule has 0 amide bonds. The Morgan fingerprint density at radius 2 is 2.30 bits per heavy atom. The van der Waals surface area contributed by atoms with Crippen molar-refractivity contribution in [2.75, 3.05) is 7.11 Å².